The Kier molecular flexibility index (Phi) is 7.37. The molecule has 0 radical (unpaired) electrons. The maximum atomic E-state index is 12.1. The van der Waals surface area contributed by atoms with E-state index < -0.39 is 38.5 Å². The van der Waals surface area contributed by atoms with Crippen LogP contribution in [0.4, 0.5) is 0 Å². The van der Waals surface area contributed by atoms with Gasteiger partial charge in [-0.15, -0.1) is 0 Å². The summed E-state index contributed by atoms with van der Waals surface area (Å²) in [7, 11) is -5.47. The molecular weight excluding hydrogens is 426 g/mol. The number of hydrogen-bond donors (Lipinski definition) is 1. The normalized spacial score (nSPS) is 16.0. The van der Waals surface area contributed by atoms with Crippen LogP contribution in [-0.4, -0.2) is 93.1 Å². The Morgan fingerprint density at radius 2 is 1.79 bits per heavy atom. The zero-order valence-corrected chi connectivity index (χ0v) is 18.1. The van der Waals surface area contributed by atoms with Crippen molar-refractivity contribution >= 4 is 31.9 Å². The summed E-state index contributed by atoms with van der Waals surface area (Å²) in [6.07, 6.45) is 2.22. The minimum Gasteiger partial charge on any atom is -0.456 e. The van der Waals surface area contributed by atoms with Gasteiger partial charge in [-0.25, -0.2) is 26.5 Å². The first-order valence-corrected chi connectivity index (χ1v) is 12.1. The molecule has 2 heterocycles. The van der Waals surface area contributed by atoms with Crippen LogP contribution in [-0.2, 0) is 41.4 Å². The number of carbonyl (C=O) groups is 2. The molecule has 0 saturated carbocycles. The number of nitrogens with one attached hydrogen (secondary N) is 1. The van der Waals surface area contributed by atoms with Gasteiger partial charge >= 0.3 is 5.97 Å². The lowest BCUT2D eigenvalue weighted by Crippen LogP contribution is -2.51. The van der Waals surface area contributed by atoms with Crippen molar-refractivity contribution in [2.45, 2.75) is 18.4 Å². The van der Waals surface area contributed by atoms with Crippen molar-refractivity contribution in [3.05, 3.63) is 12.0 Å². The van der Waals surface area contributed by atoms with E-state index in [2.05, 4.69) is 9.71 Å². The number of imidazole rings is 1. The van der Waals surface area contributed by atoms with Gasteiger partial charge in [-0.3, -0.25) is 9.59 Å². The summed E-state index contributed by atoms with van der Waals surface area (Å²) in [6, 6.07) is 0. The molecule has 0 unspecified atom stereocenters. The van der Waals surface area contributed by atoms with Crippen LogP contribution in [0.1, 0.15) is 12.2 Å². The molecule has 1 aliphatic rings. The van der Waals surface area contributed by atoms with Crippen LogP contribution in [0.3, 0.4) is 0 Å². The van der Waals surface area contributed by atoms with Crippen molar-refractivity contribution in [1.29, 1.82) is 0 Å². The number of aromatic nitrogens is 2. The summed E-state index contributed by atoms with van der Waals surface area (Å²) in [5, 5.41) is -0.144. The highest BCUT2D eigenvalue weighted by molar-refractivity contribution is 7.89. The summed E-state index contributed by atoms with van der Waals surface area (Å²) in [5.74, 6) is -0.635. The maximum Gasteiger partial charge on any atom is 0.307 e. The van der Waals surface area contributed by atoms with Crippen LogP contribution >= 0.6 is 0 Å². The third-order valence-electron chi connectivity index (χ3n) is 4.40. The fraction of sp³-hybridized carbons (Fsp3) is 0.667. The second kappa shape index (κ2) is 9.19. The average Bonchev–Trinajstić information content (AvgIpc) is 2.98. The number of ether oxygens (including phenoxy) is 1. The van der Waals surface area contributed by atoms with E-state index in [1.165, 1.54) is 15.4 Å². The lowest BCUT2D eigenvalue weighted by molar-refractivity contribution is -0.152. The molecule has 1 aliphatic heterocycles. The number of amides is 1. The van der Waals surface area contributed by atoms with Gasteiger partial charge in [0.2, 0.25) is 10.0 Å². The highest BCUT2D eigenvalue weighted by Gasteiger charge is 2.26. The number of esters is 1. The van der Waals surface area contributed by atoms with E-state index in [0.717, 1.165) is 6.26 Å². The minimum atomic E-state index is -3.84. The van der Waals surface area contributed by atoms with Crippen molar-refractivity contribution in [3.63, 3.8) is 0 Å². The highest BCUT2D eigenvalue weighted by atomic mass is 32.2. The first kappa shape index (κ1) is 23.3. The van der Waals surface area contributed by atoms with Gasteiger partial charge in [-0.1, -0.05) is 0 Å². The standard InChI is InChI=1S/C15H25N5O7S2/c1-12-17-13(10-18(12)2)29(25,26)16-5-4-15(22)27-11-14(21)19-6-8-20(9-7-19)28(3,23)24/h10,16H,4-9,11H2,1-3H3. The minimum absolute atomic E-state index is 0.144. The van der Waals surface area contributed by atoms with Gasteiger partial charge in [0.1, 0.15) is 5.82 Å². The molecule has 0 atom stereocenters. The monoisotopic (exact) mass is 451 g/mol. The van der Waals surface area contributed by atoms with Crippen molar-refractivity contribution in [2.75, 3.05) is 45.6 Å². The molecule has 2 rings (SSSR count). The lowest BCUT2D eigenvalue weighted by atomic mass is 10.3. The Morgan fingerprint density at radius 1 is 1.17 bits per heavy atom. The average molecular weight is 452 g/mol. The molecule has 1 saturated heterocycles. The van der Waals surface area contributed by atoms with Gasteiger partial charge in [0.15, 0.2) is 11.6 Å². The third-order valence-corrected chi connectivity index (χ3v) is 7.03. The fourth-order valence-electron chi connectivity index (χ4n) is 2.59. The predicted octanol–water partition coefficient (Wildman–Crippen LogP) is -1.96. The number of hydrogen-bond acceptors (Lipinski definition) is 8. The van der Waals surface area contributed by atoms with Crippen LogP contribution in [0.5, 0.6) is 0 Å². The molecule has 1 fully saturated rings. The molecule has 1 aromatic rings. The van der Waals surface area contributed by atoms with E-state index in [4.69, 9.17) is 4.74 Å². The molecule has 164 valence electrons. The second-order valence-corrected chi connectivity index (χ2v) is 10.3. The number of sulfonamides is 2. The molecule has 1 amide bonds. The Balaban J connectivity index is 1.71. The number of rotatable bonds is 8. The molecule has 1 aromatic heterocycles. The van der Waals surface area contributed by atoms with Gasteiger partial charge < -0.3 is 14.2 Å². The van der Waals surface area contributed by atoms with E-state index in [0.29, 0.717) is 5.82 Å². The summed E-state index contributed by atoms with van der Waals surface area (Å²) in [4.78, 5) is 29.2. The quantitative estimate of drug-likeness (QED) is 0.448. The molecule has 1 N–H and O–H groups in total. The van der Waals surface area contributed by atoms with E-state index in [1.54, 1.807) is 18.5 Å². The van der Waals surface area contributed by atoms with E-state index in [-0.39, 0.29) is 44.2 Å². The molecule has 12 nitrogen and oxygen atoms in total. The summed E-state index contributed by atoms with van der Waals surface area (Å²) in [5.41, 5.74) is 0. The Bertz CT molecular complexity index is 944. The van der Waals surface area contributed by atoms with Gasteiger partial charge in [0, 0.05) is 46.0 Å². The smallest absolute Gasteiger partial charge is 0.307 e. The zero-order chi connectivity index (χ0) is 21.8. The van der Waals surface area contributed by atoms with Crippen LogP contribution in [0.15, 0.2) is 11.2 Å². The molecule has 0 aromatic carbocycles. The summed E-state index contributed by atoms with van der Waals surface area (Å²) < 4.78 is 57.1. The van der Waals surface area contributed by atoms with Crippen LogP contribution in [0, 0.1) is 6.92 Å². The molecule has 0 aliphatic carbocycles. The number of carbonyl (C=O) groups excluding carboxylic acids is 2. The van der Waals surface area contributed by atoms with Crippen molar-refractivity contribution in [2.24, 2.45) is 7.05 Å². The summed E-state index contributed by atoms with van der Waals surface area (Å²) in [6.45, 7) is 1.79. The fourth-order valence-corrected chi connectivity index (χ4v) is 4.49. The predicted molar refractivity (Wildman–Crippen MR) is 102 cm³/mol. The molecule has 0 bridgehead atoms. The topological polar surface area (TPSA) is 148 Å². The first-order chi connectivity index (χ1) is 13.4. The molecule has 0 spiro atoms. The SMILES string of the molecule is Cc1nc(S(=O)(=O)NCCC(=O)OCC(=O)N2CCN(S(C)(=O)=O)CC2)cn1C. The van der Waals surface area contributed by atoms with Crippen molar-refractivity contribution < 1.29 is 31.2 Å². The first-order valence-electron chi connectivity index (χ1n) is 8.78. The van der Waals surface area contributed by atoms with Gasteiger partial charge in [0.25, 0.3) is 15.9 Å². The maximum absolute atomic E-state index is 12.1. The van der Waals surface area contributed by atoms with Gasteiger partial charge in [-0.2, -0.15) is 4.31 Å². The largest absolute Gasteiger partial charge is 0.456 e. The summed E-state index contributed by atoms with van der Waals surface area (Å²) >= 11 is 0. The third kappa shape index (κ3) is 6.48. The van der Waals surface area contributed by atoms with E-state index in [1.807, 2.05) is 0 Å². The Morgan fingerprint density at radius 3 is 2.31 bits per heavy atom. The highest BCUT2D eigenvalue weighted by Crippen LogP contribution is 2.08. The van der Waals surface area contributed by atoms with Crippen LogP contribution in [0.25, 0.3) is 0 Å². The van der Waals surface area contributed by atoms with Crippen molar-refractivity contribution in [1.82, 2.24) is 23.5 Å². The van der Waals surface area contributed by atoms with E-state index >= 15 is 0 Å². The Labute approximate surface area is 169 Å². The van der Waals surface area contributed by atoms with E-state index in [9.17, 15) is 26.4 Å². The van der Waals surface area contributed by atoms with Crippen LogP contribution in [0.2, 0.25) is 0 Å². The van der Waals surface area contributed by atoms with Gasteiger partial charge in [0.05, 0.1) is 12.7 Å². The molecule has 29 heavy (non-hydrogen) atoms. The molecular formula is C15H25N5O7S2. The Hall–Kier alpha value is -2.03. The number of aryl methyl sites for hydroxylation is 2. The zero-order valence-electron chi connectivity index (χ0n) is 16.5. The number of nitrogens with zero attached hydrogens (tertiary/aromatic N) is 4. The molecule has 14 heteroatoms. The lowest BCUT2D eigenvalue weighted by Gasteiger charge is -2.33. The second-order valence-electron chi connectivity index (χ2n) is 6.59. The van der Waals surface area contributed by atoms with Crippen molar-refractivity contribution in [3.8, 4) is 0 Å². The van der Waals surface area contributed by atoms with Gasteiger partial charge in [-0.05, 0) is 6.92 Å². The number of piperazine rings is 1. The van der Waals surface area contributed by atoms with Crippen LogP contribution < -0.4 is 4.72 Å².